The van der Waals surface area contributed by atoms with Gasteiger partial charge in [-0.25, -0.2) is 9.18 Å². The normalized spacial score (nSPS) is 11.0. The average Bonchev–Trinajstić information content (AvgIpc) is 3.26. The molecule has 1 amide bonds. The number of nitrogens with one attached hydrogen (secondary N) is 3. The number of aromatic nitrogens is 2. The molecule has 216 valence electrons. The Labute approximate surface area is 238 Å². The number of fused-ring (bicyclic) bond motifs is 1. The summed E-state index contributed by atoms with van der Waals surface area (Å²) in [6, 6.07) is 22.4. The fourth-order valence-corrected chi connectivity index (χ4v) is 4.30. The van der Waals surface area contributed by atoms with E-state index in [2.05, 4.69) is 20.6 Å². The minimum absolute atomic E-state index is 0.105. The first-order chi connectivity index (χ1) is 19.9. The van der Waals surface area contributed by atoms with Crippen molar-refractivity contribution in [2.75, 3.05) is 10.6 Å². The lowest BCUT2D eigenvalue weighted by Crippen LogP contribution is -2.21. The molecule has 2 aromatic heterocycles. The van der Waals surface area contributed by atoms with Crippen molar-refractivity contribution in [1.29, 1.82) is 0 Å². The molecule has 0 spiro atoms. The molecular weight excluding hydrogens is 552 g/mol. The topological polar surface area (TPSA) is 107 Å². The molecule has 0 saturated carbocycles. The molecule has 5 rings (SSSR count). The molecule has 5 aromatic rings. The number of aromatic amines is 1. The minimum Gasteiger partial charge on any atom is -0.475 e. The zero-order valence-corrected chi connectivity index (χ0v) is 22.5. The monoisotopic (exact) mass is 578 g/mol. The van der Waals surface area contributed by atoms with Crippen LogP contribution in [-0.2, 0) is 16.0 Å². The third kappa shape index (κ3) is 7.30. The van der Waals surface area contributed by atoms with Gasteiger partial charge in [-0.05, 0) is 79.1 Å². The predicted octanol–water partition coefficient (Wildman–Crippen LogP) is 7.54. The zero-order valence-electron chi connectivity index (χ0n) is 22.5. The lowest BCUT2D eigenvalue weighted by atomic mass is 10.00. The van der Waals surface area contributed by atoms with Crippen molar-refractivity contribution in [2.24, 2.45) is 0 Å². The summed E-state index contributed by atoms with van der Waals surface area (Å²) in [6.45, 7) is 3.72. The Morgan fingerprint density at radius 1 is 0.952 bits per heavy atom. The summed E-state index contributed by atoms with van der Waals surface area (Å²) in [7, 11) is 0. The van der Waals surface area contributed by atoms with Crippen molar-refractivity contribution in [2.45, 2.75) is 26.4 Å². The SMILES string of the molecule is Cc1cc(-c2cc(NC(=O)Cc3c(C)[nH]c4ccccc34)ccc2Nc2cccnc2)ccc1F.O=C(O)C(F)(F)F. The van der Waals surface area contributed by atoms with Crippen molar-refractivity contribution in [3.63, 3.8) is 0 Å². The molecule has 0 unspecified atom stereocenters. The summed E-state index contributed by atoms with van der Waals surface area (Å²) in [5.74, 6) is -3.12. The van der Waals surface area contributed by atoms with Crippen molar-refractivity contribution in [3.8, 4) is 11.1 Å². The largest absolute Gasteiger partial charge is 0.490 e. The van der Waals surface area contributed by atoms with Crippen LogP contribution in [0.5, 0.6) is 0 Å². The van der Waals surface area contributed by atoms with E-state index in [0.29, 0.717) is 11.3 Å². The van der Waals surface area contributed by atoms with Gasteiger partial charge in [0.1, 0.15) is 5.82 Å². The van der Waals surface area contributed by atoms with Crippen LogP contribution in [0.2, 0.25) is 0 Å². The minimum atomic E-state index is -5.08. The fraction of sp³-hybridized carbons (Fsp3) is 0.129. The number of nitrogens with zero attached hydrogens (tertiary/aromatic N) is 1. The lowest BCUT2D eigenvalue weighted by Gasteiger charge is -2.15. The molecule has 11 heteroatoms. The van der Waals surface area contributed by atoms with Gasteiger partial charge in [0.15, 0.2) is 0 Å². The number of carboxylic acids is 1. The van der Waals surface area contributed by atoms with Crippen molar-refractivity contribution < 1.29 is 32.3 Å². The number of hydrogen-bond acceptors (Lipinski definition) is 4. The van der Waals surface area contributed by atoms with Gasteiger partial charge in [-0.2, -0.15) is 13.2 Å². The maximum atomic E-state index is 14.0. The number of alkyl halides is 3. The number of carbonyl (C=O) groups excluding carboxylic acids is 1. The summed E-state index contributed by atoms with van der Waals surface area (Å²) >= 11 is 0. The Kier molecular flexibility index (Phi) is 8.90. The molecule has 0 saturated heterocycles. The number of benzene rings is 3. The van der Waals surface area contributed by atoms with E-state index in [1.54, 1.807) is 31.5 Å². The molecule has 7 nitrogen and oxygen atoms in total. The maximum absolute atomic E-state index is 14.0. The van der Waals surface area contributed by atoms with Crippen LogP contribution < -0.4 is 10.6 Å². The highest BCUT2D eigenvalue weighted by atomic mass is 19.4. The molecule has 0 aliphatic carbocycles. The Bertz CT molecular complexity index is 1730. The van der Waals surface area contributed by atoms with Gasteiger partial charge in [0.05, 0.1) is 18.3 Å². The third-order valence-electron chi connectivity index (χ3n) is 6.32. The van der Waals surface area contributed by atoms with Crippen LogP contribution in [0.1, 0.15) is 16.8 Å². The van der Waals surface area contributed by atoms with E-state index in [-0.39, 0.29) is 18.1 Å². The number of anilines is 3. The van der Waals surface area contributed by atoms with E-state index >= 15 is 0 Å². The Morgan fingerprint density at radius 3 is 2.36 bits per heavy atom. The van der Waals surface area contributed by atoms with E-state index in [4.69, 9.17) is 9.90 Å². The highest BCUT2D eigenvalue weighted by Crippen LogP contribution is 2.34. The number of carbonyl (C=O) groups is 2. The van der Waals surface area contributed by atoms with Crippen LogP contribution in [0.4, 0.5) is 34.6 Å². The van der Waals surface area contributed by atoms with Gasteiger partial charge < -0.3 is 20.7 Å². The number of pyridine rings is 1. The number of carboxylic acid groups (broad SMARTS) is 1. The third-order valence-corrected chi connectivity index (χ3v) is 6.32. The molecule has 0 radical (unpaired) electrons. The molecule has 0 aliphatic rings. The molecule has 2 heterocycles. The van der Waals surface area contributed by atoms with Gasteiger partial charge in [-0.3, -0.25) is 9.78 Å². The summed E-state index contributed by atoms with van der Waals surface area (Å²) in [5.41, 5.74) is 7.57. The van der Waals surface area contributed by atoms with E-state index < -0.39 is 12.1 Å². The van der Waals surface area contributed by atoms with Crippen molar-refractivity contribution in [3.05, 3.63) is 108 Å². The number of halogens is 4. The Balaban J connectivity index is 0.000000517. The van der Waals surface area contributed by atoms with Gasteiger partial charge in [0, 0.05) is 39.7 Å². The maximum Gasteiger partial charge on any atom is 0.490 e. The number of aryl methyl sites for hydroxylation is 2. The fourth-order valence-electron chi connectivity index (χ4n) is 4.30. The van der Waals surface area contributed by atoms with Gasteiger partial charge in [-0.15, -0.1) is 0 Å². The van der Waals surface area contributed by atoms with Crippen LogP contribution in [0.3, 0.4) is 0 Å². The molecule has 0 atom stereocenters. The molecule has 0 bridgehead atoms. The van der Waals surface area contributed by atoms with E-state index in [1.165, 1.54) is 6.07 Å². The summed E-state index contributed by atoms with van der Waals surface area (Å²) in [5, 5.41) is 14.6. The van der Waals surface area contributed by atoms with Crippen LogP contribution in [0.15, 0.2) is 85.2 Å². The number of rotatable bonds is 6. The van der Waals surface area contributed by atoms with Crippen LogP contribution in [0.25, 0.3) is 22.0 Å². The highest BCUT2D eigenvalue weighted by molar-refractivity contribution is 5.97. The zero-order chi connectivity index (χ0) is 30.4. The number of amides is 1. The quantitative estimate of drug-likeness (QED) is 0.156. The molecule has 3 aromatic carbocycles. The molecule has 0 aliphatic heterocycles. The van der Waals surface area contributed by atoms with Gasteiger partial charge >= 0.3 is 12.1 Å². The molecular formula is C31H26F4N4O3. The lowest BCUT2D eigenvalue weighted by molar-refractivity contribution is -0.192. The number of hydrogen-bond donors (Lipinski definition) is 4. The van der Waals surface area contributed by atoms with Crippen molar-refractivity contribution in [1.82, 2.24) is 9.97 Å². The molecule has 4 N–H and O–H groups in total. The number of H-pyrrole nitrogens is 1. The summed E-state index contributed by atoms with van der Waals surface area (Å²) in [4.78, 5) is 29.4. The first-order valence-electron chi connectivity index (χ1n) is 12.7. The van der Waals surface area contributed by atoms with Gasteiger partial charge in [0.2, 0.25) is 5.91 Å². The Morgan fingerprint density at radius 2 is 1.69 bits per heavy atom. The van der Waals surface area contributed by atoms with Crippen molar-refractivity contribution >= 4 is 39.8 Å². The predicted molar refractivity (Wildman–Crippen MR) is 153 cm³/mol. The first-order valence-corrected chi connectivity index (χ1v) is 12.7. The standard InChI is InChI=1S/C29H25FN4O.C2HF3O2/c1-18-14-20(9-11-26(18)30)25-15-21(10-12-28(25)33-22-6-5-13-31-17-22)34-29(35)16-24-19(2)32-27-8-4-3-7-23(24)27;3-2(4,5)1(6)7/h3-15,17,32-33H,16H2,1-2H3,(H,34,35);(H,6,7). The average molecular weight is 579 g/mol. The van der Waals surface area contributed by atoms with E-state index in [0.717, 1.165) is 44.7 Å². The second-order valence-electron chi connectivity index (χ2n) is 9.39. The van der Waals surface area contributed by atoms with Crippen LogP contribution in [0, 0.1) is 19.7 Å². The van der Waals surface area contributed by atoms with Crippen LogP contribution in [-0.4, -0.2) is 33.1 Å². The highest BCUT2D eigenvalue weighted by Gasteiger charge is 2.38. The van der Waals surface area contributed by atoms with Crippen LogP contribution >= 0.6 is 0 Å². The summed E-state index contributed by atoms with van der Waals surface area (Å²) < 4.78 is 45.7. The number of para-hydroxylation sites is 1. The van der Waals surface area contributed by atoms with Gasteiger partial charge in [-0.1, -0.05) is 24.3 Å². The van der Waals surface area contributed by atoms with Gasteiger partial charge in [0.25, 0.3) is 0 Å². The van der Waals surface area contributed by atoms with E-state index in [9.17, 15) is 22.4 Å². The summed E-state index contributed by atoms with van der Waals surface area (Å²) in [6.07, 6.45) is -1.38. The second-order valence-corrected chi connectivity index (χ2v) is 9.39. The Hall–Kier alpha value is -5.19. The first kappa shape index (κ1) is 29.8. The molecule has 0 fully saturated rings. The number of aliphatic carboxylic acids is 1. The van der Waals surface area contributed by atoms with E-state index in [1.807, 2.05) is 61.5 Å². The second kappa shape index (κ2) is 12.5. The molecule has 42 heavy (non-hydrogen) atoms. The smallest absolute Gasteiger partial charge is 0.475 e.